The zero-order chi connectivity index (χ0) is 13.9. The van der Waals surface area contributed by atoms with Crippen LogP contribution in [-0.4, -0.2) is 23.5 Å². The summed E-state index contributed by atoms with van der Waals surface area (Å²) in [5.41, 5.74) is -0.800. The van der Waals surface area contributed by atoms with Gasteiger partial charge in [0.25, 0.3) is 0 Å². The molecule has 2 aliphatic rings. The number of amides is 1. The molecule has 0 aromatic carbocycles. The molecule has 4 nitrogen and oxygen atoms in total. The topological polar surface area (TPSA) is 66.4 Å². The average Bonchev–Trinajstić information content (AvgIpc) is 3.21. The largest absolute Gasteiger partial charge is 0.481 e. The van der Waals surface area contributed by atoms with Crippen molar-refractivity contribution < 1.29 is 14.7 Å². The van der Waals surface area contributed by atoms with Crippen LogP contribution < -0.4 is 5.32 Å². The van der Waals surface area contributed by atoms with E-state index in [2.05, 4.69) is 12.2 Å². The van der Waals surface area contributed by atoms with Crippen LogP contribution in [-0.2, 0) is 9.59 Å². The van der Waals surface area contributed by atoms with E-state index in [4.69, 9.17) is 0 Å². The molecule has 1 unspecified atom stereocenters. The van der Waals surface area contributed by atoms with Gasteiger partial charge in [0.15, 0.2) is 0 Å². The van der Waals surface area contributed by atoms with Crippen molar-refractivity contribution in [2.75, 3.05) is 6.54 Å². The van der Waals surface area contributed by atoms with E-state index in [0.717, 1.165) is 25.2 Å². The Hall–Kier alpha value is -1.06. The van der Waals surface area contributed by atoms with Crippen molar-refractivity contribution in [2.24, 2.45) is 17.3 Å². The molecule has 0 spiro atoms. The smallest absolute Gasteiger partial charge is 0.310 e. The minimum Gasteiger partial charge on any atom is -0.481 e. The van der Waals surface area contributed by atoms with E-state index in [0.29, 0.717) is 25.3 Å². The second-order valence-electron chi connectivity index (χ2n) is 6.44. The van der Waals surface area contributed by atoms with Gasteiger partial charge in [-0.25, -0.2) is 0 Å². The Morgan fingerprint density at radius 1 is 1.26 bits per heavy atom. The fraction of sp³-hybridized carbons (Fsp3) is 0.867. The van der Waals surface area contributed by atoms with Crippen LogP contribution in [0, 0.1) is 17.3 Å². The summed E-state index contributed by atoms with van der Waals surface area (Å²) >= 11 is 0. The van der Waals surface area contributed by atoms with E-state index < -0.39 is 11.4 Å². The molecular weight excluding hydrogens is 242 g/mol. The maximum atomic E-state index is 12.0. The summed E-state index contributed by atoms with van der Waals surface area (Å²) in [5.74, 6) is 0.411. The Balaban J connectivity index is 1.82. The molecule has 0 aromatic heterocycles. The van der Waals surface area contributed by atoms with Crippen LogP contribution in [0.3, 0.4) is 0 Å². The van der Waals surface area contributed by atoms with E-state index >= 15 is 0 Å². The average molecular weight is 267 g/mol. The van der Waals surface area contributed by atoms with Crippen LogP contribution in [0.4, 0.5) is 0 Å². The Kier molecular flexibility index (Phi) is 4.48. The molecule has 2 N–H and O–H groups in total. The first-order chi connectivity index (χ1) is 9.03. The van der Waals surface area contributed by atoms with Gasteiger partial charge in [0.2, 0.25) is 5.91 Å². The maximum Gasteiger partial charge on any atom is 0.310 e. The predicted molar refractivity (Wildman–Crippen MR) is 72.7 cm³/mol. The molecule has 0 aromatic rings. The van der Waals surface area contributed by atoms with Crippen molar-refractivity contribution >= 4 is 11.9 Å². The molecule has 108 valence electrons. The van der Waals surface area contributed by atoms with Gasteiger partial charge < -0.3 is 10.4 Å². The van der Waals surface area contributed by atoms with Crippen LogP contribution in [0.25, 0.3) is 0 Å². The number of hydrogen-bond acceptors (Lipinski definition) is 2. The summed E-state index contributed by atoms with van der Waals surface area (Å²) in [6, 6.07) is 0. The highest BCUT2D eigenvalue weighted by atomic mass is 16.4. The van der Waals surface area contributed by atoms with Gasteiger partial charge in [-0.3, -0.25) is 9.59 Å². The molecule has 2 saturated carbocycles. The van der Waals surface area contributed by atoms with Gasteiger partial charge in [-0.2, -0.15) is 0 Å². The Bertz CT molecular complexity index is 343. The minimum absolute atomic E-state index is 0.0863. The fourth-order valence-electron chi connectivity index (χ4n) is 3.17. The van der Waals surface area contributed by atoms with Crippen molar-refractivity contribution in [3.63, 3.8) is 0 Å². The van der Waals surface area contributed by atoms with Gasteiger partial charge in [0.1, 0.15) is 0 Å². The van der Waals surface area contributed by atoms with Crippen LogP contribution in [0.15, 0.2) is 0 Å². The molecule has 1 atom stereocenters. The third-order valence-electron chi connectivity index (χ3n) is 4.81. The number of nitrogens with one attached hydrogen (secondary N) is 1. The molecule has 4 heteroatoms. The fourth-order valence-corrected chi connectivity index (χ4v) is 3.17. The summed E-state index contributed by atoms with van der Waals surface area (Å²) in [4.78, 5) is 23.5. The van der Waals surface area contributed by atoms with E-state index in [1.165, 1.54) is 12.8 Å². The van der Waals surface area contributed by atoms with Gasteiger partial charge in [-0.15, -0.1) is 0 Å². The molecule has 2 fully saturated rings. The Morgan fingerprint density at radius 2 is 1.89 bits per heavy atom. The lowest BCUT2D eigenvalue weighted by molar-refractivity contribution is -0.154. The van der Waals surface area contributed by atoms with Gasteiger partial charge in [0, 0.05) is 13.0 Å². The maximum absolute atomic E-state index is 12.0. The normalized spacial score (nSPS) is 23.6. The third-order valence-corrected chi connectivity index (χ3v) is 4.81. The SMILES string of the molecule is CC(CNC(=O)CC1(C(=O)O)CCCCC1)C1CC1. The number of carbonyl (C=O) groups is 2. The molecular formula is C15H25NO3. The van der Waals surface area contributed by atoms with Crippen molar-refractivity contribution in [1.82, 2.24) is 5.32 Å². The van der Waals surface area contributed by atoms with E-state index in [1.807, 2.05) is 0 Å². The van der Waals surface area contributed by atoms with Gasteiger partial charge in [-0.1, -0.05) is 26.2 Å². The molecule has 0 saturated heterocycles. The first kappa shape index (κ1) is 14.4. The molecule has 2 rings (SSSR count). The quantitative estimate of drug-likeness (QED) is 0.777. The monoisotopic (exact) mass is 267 g/mol. The van der Waals surface area contributed by atoms with E-state index in [-0.39, 0.29) is 12.3 Å². The number of carboxylic acids is 1. The Labute approximate surface area is 115 Å². The summed E-state index contributed by atoms with van der Waals surface area (Å²) in [5, 5.41) is 12.4. The lowest BCUT2D eigenvalue weighted by atomic mass is 9.71. The van der Waals surface area contributed by atoms with E-state index in [1.54, 1.807) is 0 Å². The standard InChI is InChI=1S/C15H25NO3/c1-11(12-5-6-12)10-16-13(17)9-15(14(18)19)7-3-2-4-8-15/h11-12H,2-10H2,1H3,(H,16,17)(H,18,19). The Morgan fingerprint density at radius 3 is 2.42 bits per heavy atom. The summed E-state index contributed by atoms with van der Waals surface area (Å²) in [6.45, 7) is 2.85. The molecule has 0 heterocycles. The van der Waals surface area contributed by atoms with Crippen LogP contribution in [0.2, 0.25) is 0 Å². The highest BCUT2D eigenvalue weighted by molar-refractivity contribution is 5.85. The van der Waals surface area contributed by atoms with Gasteiger partial charge in [-0.05, 0) is 37.5 Å². The molecule has 2 aliphatic carbocycles. The number of carboxylic acid groups (broad SMARTS) is 1. The molecule has 0 bridgehead atoms. The second-order valence-corrected chi connectivity index (χ2v) is 6.44. The summed E-state index contributed by atoms with van der Waals surface area (Å²) in [6.07, 6.45) is 6.94. The number of aliphatic carboxylic acids is 1. The number of rotatable bonds is 6. The van der Waals surface area contributed by atoms with Crippen molar-refractivity contribution in [2.45, 2.75) is 58.3 Å². The third kappa shape index (κ3) is 3.71. The molecule has 0 aliphatic heterocycles. The number of carbonyl (C=O) groups excluding carboxylic acids is 1. The van der Waals surface area contributed by atoms with Crippen molar-refractivity contribution in [3.8, 4) is 0 Å². The van der Waals surface area contributed by atoms with Crippen LogP contribution in [0.5, 0.6) is 0 Å². The first-order valence-corrected chi connectivity index (χ1v) is 7.54. The molecule has 0 radical (unpaired) electrons. The second kappa shape index (κ2) is 5.93. The zero-order valence-corrected chi connectivity index (χ0v) is 11.8. The van der Waals surface area contributed by atoms with Gasteiger partial charge in [0.05, 0.1) is 5.41 Å². The first-order valence-electron chi connectivity index (χ1n) is 7.54. The van der Waals surface area contributed by atoms with Gasteiger partial charge >= 0.3 is 5.97 Å². The van der Waals surface area contributed by atoms with Crippen LogP contribution in [0.1, 0.15) is 58.3 Å². The number of hydrogen-bond donors (Lipinski definition) is 2. The zero-order valence-electron chi connectivity index (χ0n) is 11.8. The summed E-state index contributed by atoms with van der Waals surface area (Å²) in [7, 11) is 0. The molecule has 1 amide bonds. The van der Waals surface area contributed by atoms with Crippen LogP contribution >= 0.6 is 0 Å². The lowest BCUT2D eigenvalue weighted by Crippen LogP contribution is -2.40. The minimum atomic E-state index is -0.800. The highest BCUT2D eigenvalue weighted by Gasteiger charge is 2.41. The van der Waals surface area contributed by atoms with Crippen molar-refractivity contribution in [3.05, 3.63) is 0 Å². The van der Waals surface area contributed by atoms with E-state index in [9.17, 15) is 14.7 Å². The van der Waals surface area contributed by atoms with Crippen molar-refractivity contribution in [1.29, 1.82) is 0 Å². The molecule has 19 heavy (non-hydrogen) atoms. The lowest BCUT2D eigenvalue weighted by Gasteiger charge is -2.32. The highest BCUT2D eigenvalue weighted by Crippen LogP contribution is 2.40. The summed E-state index contributed by atoms with van der Waals surface area (Å²) < 4.78 is 0. The predicted octanol–water partition coefficient (Wildman–Crippen LogP) is 2.57.